The molecular weight excluding hydrogens is 448 g/mol. The summed E-state index contributed by atoms with van der Waals surface area (Å²) in [6.07, 6.45) is 2.82. The van der Waals surface area contributed by atoms with Gasteiger partial charge in [-0.3, -0.25) is 9.52 Å². The standard InChI is InChI=1S/C26H38N4O3S/c1-5-6-15-29(4)26(31)24-19-22(9-12-25(24)30-16-13-27-14-17-30)28-34(32,33)23-10-7-21(8-11-23)18-20(2)3/h7-12,19-20,27-28H,5-6,13-18H2,1-4H3. The molecule has 0 bridgehead atoms. The van der Waals surface area contributed by atoms with Crippen LogP contribution in [-0.2, 0) is 16.4 Å². The molecule has 0 aromatic heterocycles. The van der Waals surface area contributed by atoms with Crippen molar-refractivity contribution in [1.82, 2.24) is 10.2 Å². The Kier molecular flexibility index (Phi) is 8.97. The average Bonchev–Trinajstić information content (AvgIpc) is 2.82. The van der Waals surface area contributed by atoms with E-state index in [-0.39, 0.29) is 10.8 Å². The van der Waals surface area contributed by atoms with E-state index >= 15 is 0 Å². The highest BCUT2D eigenvalue weighted by Crippen LogP contribution is 2.28. The van der Waals surface area contributed by atoms with Crippen molar-refractivity contribution >= 4 is 27.3 Å². The molecule has 34 heavy (non-hydrogen) atoms. The molecule has 3 rings (SSSR count). The molecule has 0 spiro atoms. The van der Waals surface area contributed by atoms with Crippen LogP contribution in [0.2, 0.25) is 0 Å². The fourth-order valence-corrected chi connectivity index (χ4v) is 5.19. The van der Waals surface area contributed by atoms with Gasteiger partial charge >= 0.3 is 0 Å². The molecule has 0 saturated carbocycles. The van der Waals surface area contributed by atoms with E-state index < -0.39 is 10.0 Å². The third-order valence-corrected chi connectivity index (χ3v) is 7.41. The van der Waals surface area contributed by atoms with Crippen molar-refractivity contribution in [2.24, 2.45) is 5.92 Å². The van der Waals surface area contributed by atoms with E-state index in [2.05, 4.69) is 35.7 Å². The molecule has 0 unspecified atom stereocenters. The Morgan fingerprint density at radius 2 is 1.79 bits per heavy atom. The predicted octanol–water partition coefficient (Wildman–Crippen LogP) is 3.97. The number of unbranched alkanes of at least 4 members (excludes halogenated alkanes) is 1. The van der Waals surface area contributed by atoms with Gasteiger partial charge in [-0.2, -0.15) is 0 Å². The predicted molar refractivity (Wildman–Crippen MR) is 139 cm³/mol. The summed E-state index contributed by atoms with van der Waals surface area (Å²) in [5.74, 6) is 0.405. The van der Waals surface area contributed by atoms with Gasteiger partial charge in [-0.25, -0.2) is 8.42 Å². The quantitative estimate of drug-likeness (QED) is 0.531. The highest BCUT2D eigenvalue weighted by atomic mass is 32.2. The van der Waals surface area contributed by atoms with Crippen LogP contribution in [0.25, 0.3) is 0 Å². The molecule has 2 aromatic carbocycles. The Morgan fingerprint density at radius 1 is 1.12 bits per heavy atom. The van der Waals surface area contributed by atoms with E-state index in [0.29, 0.717) is 23.7 Å². The molecule has 7 nitrogen and oxygen atoms in total. The van der Waals surface area contributed by atoms with Crippen molar-refractivity contribution < 1.29 is 13.2 Å². The van der Waals surface area contributed by atoms with Crippen LogP contribution in [0.15, 0.2) is 47.4 Å². The van der Waals surface area contributed by atoms with Crippen LogP contribution in [0, 0.1) is 5.92 Å². The van der Waals surface area contributed by atoms with Crippen molar-refractivity contribution in [2.75, 3.05) is 49.4 Å². The molecular formula is C26H38N4O3S. The lowest BCUT2D eigenvalue weighted by Crippen LogP contribution is -2.44. The molecule has 0 radical (unpaired) electrons. The van der Waals surface area contributed by atoms with E-state index in [9.17, 15) is 13.2 Å². The van der Waals surface area contributed by atoms with Crippen LogP contribution in [0.4, 0.5) is 11.4 Å². The largest absolute Gasteiger partial charge is 0.368 e. The average molecular weight is 487 g/mol. The van der Waals surface area contributed by atoms with Crippen molar-refractivity contribution in [1.29, 1.82) is 0 Å². The zero-order valence-electron chi connectivity index (χ0n) is 20.8. The molecule has 0 atom stereocenters. The lowest BCUT2D eigenvalue weighted by molar-refractivity contribution is 0.0794. The van der Waals surface area contributed by atoms with Crippen LogP contribution in [-0.4, -0.2) is 59.0 Å². The zero-order valence-corrected chi connectivity index (χ0v) is 21.6. The zero-order chi connectivity index (χ0) is 24.7. The van der Waals surface area contributed by atoms with E-state index in [1.807, 2.05) is 18.2 Å². The van der Waals surface area contributed by atoms with E-state index in [0.717, 1.165) is 56.7 Å². The fraction of sp³-hybridized carbons (Fsp3) is 0.500. The summed E-state index contributed by atoms with van der Waals surface area (Å²) in [6, 6.07) is 12.3. The summed E-state index contributed by atoms with van der Waals surface area (Å²) in [5.41, 5.74) is 2.86. The molecule has 186 valence electrons. The highest BCUT2D eigenvalue weighted by Gasteiger charge is 2.23. The number of hydrogen-bond acceptors (Lipinski definition) is 5. The second-order valence-corrected chi connectivity index (χ2v) is 11.1. The highest BCUT2D eigenvalue weighted by molar-refractivity contribution is 7.92. The smallest absolute Gasteiger partial charge is 0.261 e. The number of nitrogens with zero attached hydrogens (tertiary/aromatic N) is 2. The fourth-order valence-electron chi connectivity index (χ4n) is 4.14. The molecule has 1 fully saturated rings. The molecule has 1 saturated heterocycles. The number of carbonyl (C=O) groups is 1. The maximum Gasteiger partial charge on any atom is 0.261 e. The second-order valence-electron chi connectivity index (χ2n) is 9.40. The molecule has 0 aliphatic carbocycles. The van der Waals surface area contributed by atoms with Crippen molar-refractivity contribution in [3.05, 3.63) is 53.6 Å². The molecule has 2 aromatic rings. The van der Waals surface area contributed by atoms with E-state index in [1.165, 1.54) is 0 Å². The van der Waals surface area contributed by atoms with Crippen LogP contribution >= 0.6 is 0 Å². The molecule has 1 aliphatic rings. The van der Waals surface area contributed by atoms with Gasteiger partial charge < -0.3 is 15.1 Å². The van der Waals surface area contributed by atoms with Gasteiger partial charge in [-0.1, -0.05) is 39.3 Å². The van der Waals surface area contributed by atoms with Crippen molar-refractivity contribution in [3.63, 3.8) is 0 Å². The number of carbonyl (C=O) groups excluding carboxylic acids is 1. The Bertz CT molecular complexity index is 1060. The lowest BCUT2D eigenvalue weighted by Gasteiger charge is -2.32. The Morgan fingerprint density at radius 3 is 2.41 bits per heavy atom. The maximum atomic E-state index is 13.3. The first-order chi connectivity index (χ1) is 16.2. The molecule has 1 aliphatic heterocycles. The van der Waals surface area contributed by atoms with E-state index in [1.54, 1.807) is 36.2 Å². The number of sulfonamides is 1. The Hall–Kier alpha value is -2.58. The number of hydrogen-bond donors (Lipinski definition) is 2. The van der Waals surface area contributed by atoms with Gasteiger partial charge in [-0.15, -0.1) is 0 Å². The number of nitrogens with one attached hydrogen (secondary N) is 2. The van der Waals surface area contributed by atoms with Crippen LogP contribution in [0.3, 0.4) is 0 Å². The number of benzene rings is 2. The first kappa shape index (κ1) is 26.0. The number of amides is 1. The van der Waals surface area contributed by atoms with Gasteiger partial charge in [0.1, 0.15) is 0 Å². The van der Waals surface area contributed by atoms with E-state index in [4.69, 9.17) is 0 Å². The molecule has 1 heterocycles. The van der Waals surface area contributed by atoms with Gasteiger partial charge in [-0.05, 0) is 54.7 Å². The number of anilines is 2. The number of piperazine rings is 1. The Balaban J connectivity index is 1.88. The molecule has 1 amide bonds. The number of rotatable bonds is 10. The van der Waals surface area contributed by atoms with Crippen LogP contribution < -0.4 is 14.9 Å². The summed E-state index contributed by atoms with van der Waals surface area (Å²) in [5, 5.41) is 3.33. The minimum absolute atomic E-state index is 0.0962. The SMILES string of the molecule is CCCCN(C)C(=O)c1cc(NS(=O)(=O)c2ccc(CC(C)C)cc2)ccc1N1CCNCC1. The topological polar surface area (TPSA) is 81.8 Å². The summed E-state index contributed by atoms with van der Waals surface area (Å²) in [7, 11) is -1.97. The van der Waals surface area contributed by atoms with Gasteiger partial charge in [0.2, 0.25) is 0 Å². The lowest BCUT2D eigenvalue weighted by atomic mass is 10.0. The van der Waals surface area contributed by atoms with Gasteiger partial charge in [0.05, 0.1) is 10.5 Å². The second kappa shape index (κ2) is 11.7. The normalized spacial score (nSPS) is 14.3. The monoisotopic (exact) mass is 486 g/mol. The summed E-state index contributed by atoms with van der Waals surface area (Å²) in [4.78, 5) is 17.4. The van der Waals surface area contributed by atoms with Gasteiger partial charge in [0.15, 0.2) is 0 Å². The van der Waals surface area contributed by atoms with Crippen molar-refractivity contribution in [2.45, 2.75) is 44.9 Å². The first-order valence-corrected chi connectivity index (χ1v) is 13.7. The van der Waals surface area contributed by atoms with Crippen molar-refractivity contribution in [3.8, 4) is 0 Å². The third kappa shape index (κ3) is 6.73. The molecule has 2 N–H and O–H groups in total. The maximum absolute atomic E-state index is 13.3. The third-order valence-electron chi connectivity index (χ3n) is 6.01. The van der Waals surface area contributed by atoms with Crippen LogP contribution in [0.1, 0.15) is 49.5 Å². The van der Waals surface area contributed by atoms with Gasteiger partial charge in [0, 0.05) is 51.1 Å². The minimum atomic E-state index is -3.77. The first-order valence-electron chi connectivity index (χ1n) is 12.2. The summed E-state index contributed by atoms with van der Waals surface area (Å²) < 4.78 is 28.8. The Labute approximate surface area is 204 Å². The van der Waals surface area contributed by atoms with Crippen LogP contribution in [0.5, 0.6) is 0 Å². The summed E-state index contributed by atoms with van der Waals surface area (Å²) >= 11 is 0. The summed E-state index contributed by atoms with van der Waals surface area (Å²) in [6.45, 7) is 10.3. The minimum Gasteiger partial charge on any atom is -0.368 e. The molecule has 8 heteroatoms. The van der Waals surface area contributed by atoms with Gasteiger partial charge in [0.25, 0.3) is 15.9 Å².